The average molecular weight is 319 g/mol. The maximum atomic E-state index is 12.5. The third-order valence-corrected chi connectivity index (χ3v) is 4.19. The average Bonchev–Trinajstić information content (AvgIpc) is 2.85. The molecule has 1 heterocycles. The molecule has 1 aliphatic rings. The van der Waals surface area contributed by atoms with E-state index in [9.17, 15) is 4.79 Å². The molecule has 1 aromatic carbocycles. The van der Waals surface area contributed by atoms with Gasteiger partial charge in [-0.3, -0.25) is 4.79 Å². The first kappa shape index (κ1) is 15.4. The van der Waals surface area contributed by atoms with E-state index in [-0.39, 0.29) is 28.2 Å². The summed E-state index contributed by atoms with van der Waals surface area (Å²) in [5, 5.41) is 0.474. The minimum Gasteiger partial charge on any atom is -0.399 e. The van der Waals surface area contributed by atoms with Gasteiger partial charge in [-0.25, -0.2) is 0 Å². The predicted octanol–water partition coefficient (Wildman–Crippen LogP) is 2.06. The van der Waals surface area contributed by atoms with Crippen molar-refractivity contribution < 1.29 is 14.3 Å². The largest absolute Gasteiger partial charge is 0.399 e. The zero-order valence-electron chi connectivity index (χ0n) is 11.2. The number of nitrogen functional groups attached to an aromatic ring is 1. The molecule has 1 aliphatic heterocycles. The molecule has 2 unspecified atom stereocenters. The standard InChI is InChI=1S/C13H16Cl2N2O3/c1-19-10-5-17(6-11(10)20-2)13(18)8-3-7(16)4-9(14)12(8)15/h3-4,10-11H,5-6,16H2,1-2H3. The van der Waals surface area contributed by atoms with Crippen molar-refractivity contribution in [3.05, 3.63) is 27.7 Å². The van der Waals surface area contributed by atoms with Crippen molar-refractivity contribution in [1.29, 1.82) is 0 Å². The van der Waals surface area contributed by atoms with Crippen LogP contribution in [0.2, 0.25) is 10.0 Å². The number of nitrogens with two attached hydrogens (primary N) is 1. The second-order valence-electron chi connectivity index (χ2n) is 4.62. The van der Waals surface area contributed by atoms with E-state index >= 15 is 0 Å². The molecule has 1 aromatic rings. The lowest BCUT2D eigenvalue weighted by molar-refractivity contribution is -0.00461. The summed E-state index contributed by atoms with van der Waals surface area (Å²) >= 11 is 12.0. The SMILES string of the molecule is COC1CN(C(=O)c2cc(N)cc(Cl)c2Cl)CC1OC. The number of benzene rings is 1. The molecule has 2 atom stereocenters. The fourth-order valence-electron chi connectivity index (χ4n) is 2.30. The molecular weight excluding hydrogens is 303 g/mol. The molecule has 1 saturated heterocycles. The molecule has 2 N–H and O–H groups in total. The molecule has 20 heavy (non-hydrogen) atoms. The van der Waals surface area contributed by atoms with Crippen LogP contribution in [0.5, 0.6) is 0 Å². The number of amides is 1. The third kappa shape index (κ3) is 2.86. The fraction of sp³-hybridized carbons (Fsp3) is 0.462. The summed E-state index contributed by atoms with van der Waals surface area (Å²) < 4.78 is 10.6. The van der Waals surface area contributed by atoms with Gasteiger partial charge in [0.2, 0.25) is 0 Å². The molecule has 5 nitrogen and oxygen atoms in total. The lowest BCUT2D eigenvalue weighted by Gasteiger charge is -2.17. The Morgan fingerprint density at radius 1 is 1.25 bits per heavy atom. The highest BCUT2D eigenvalue weighted by molar-refractivity contribution is 6.44. The molecule has 0 radical (unpaired) electrons. The van der Waals surface area contributed by atoms with Crippen molar-refractivity contribution >= 4 is 34.8 Å². The lowest BCUT2D eigenvalue weighted by atomic mass is 10.1. The van der Waals surface area contributed by atoms with Gasteiger partial charge in [0.15, 0.2) is 0 Å². The van der Waals surface area contributed by atoms with Gasteiger partial charge in [0, 0.05) is 33.0 Å². The topological polar surface area (TPSA) is 64.8 Å². The number of halogens is 2. The van der Waals surface area contributed by atoms with E-state index in [2.05, 4.69) is 0 Å². The number of hydrogen-bond acceptors (Lipinski definition) is 4. The smallest absolute Gasteiger partial charge is 0.255 e. The number of methoxy groups -OCH3 is 2. The van der Waals surface area contributed by atoms with Crippen LogP contribution >= 0.6 is 23.2 Å². The van der Waals surface area contributed by atoms with Gasteiger partial charge in [-0.05, 0) is 12.1 Å². The molecule has 1 amide bonds. The Kier molecular flexibility index (Phi) is 4.75. The van der Waals surface area contributed by atoms with Crippen molar-refractivity contribution in [3.8, 4) is 0 Å². The van der Waals surface area contributed by atoms with Crippen molar-refractivity contribution in [2.45, 2.75) is 12.2 Å². The zero-order chi connectivity index (χ0) is 14.9. The Hall–Kier alpha value is -1.01. The van der Waals surface area contributed by atoms with Crippen LogP contribution < -0.4 is 5.73 Å². The van der Waals surface area contributed by atoms with Gasteiger partial charge in [0.05, 0.1) is 15.6 Å². The summed E-state index contributed by atoms with van der Waals surface area (Å²) in [4.78, 5) is 14.1. The molecule has 0 bridgehead atoms. The highest BCUT2D eigenvalue weighted by atomic mass is 35.5. The van der Waals surface area contributed by atoms with Crippen molar-refractivity contribution in [2.24, 2.45) is 0 Å². The van der Waals surface area contributed by atoms with Crippen LogP contribution in [0, 0.1) is 0 Å². The van der Waals surface area contributed by atoms with Crippen LogP contribution in [0.15, 0.2) is 12.1 Å². The Morgan fingerprint density at radius 2 is 1.80 bits per heavy atom. The second kappa shape index (κ2) is 6.18. The minimum atomic E-state index is -0.231. The number of likely N-dealkylation sites (tertiary alicyclic amines) is 1. The number of rotatable bonds is 3. The van der Waals surface area contributed by atoms with Crippen LogP contribution in [0.3, 0.4) is 0 Å². The predicted molar refractivity (Wildman–Crippen MR) is 78.4 cm³/mol. The minimum absolute atomic E-state index is 0.153. The van der Waals surface area contributed by atoms with E-state index in [0.29, 0.717) is 24.3 Å². The Bertz CT molecular complexity index is 513. The maximum Gasteiger partial charge on any atom is 0.255 e. The van der Waals surface area contributed by atoms with Crippen LogP contribution in [0.1, 0.15) is 10.4 Å². The molecule has 1 fully saturated rings. The quantitative estimate of drug-likeness (QED) is 0.866. The molecule has 110 valence electrons. The maximum absolute atomic E-state index is 12.5. The molecule has 0 aliphatic carbocycles. The van der Waals surface area contributed by atoms with E-state index in [4.69, 9.17) is 38.4 Å². The Balaban J connectivity index is 2.25. The van der Waals surface area contributed by atoms with E-state index < -0.39 is 0 Å². The number of hydrogen-bond donors (Lipinski definition) is 1. The first-order valence-electron chi connectivity index (χ1n) is 6.07. The van der Waals surface area contributed by atoms with E-state index in [1.165, 1.54) is 12.1 Å². The van der Waals surface area contributed by atoms with Gasteiger partial charge in [-0.15, -0.1) is 0 Å². The van der Waals surface area contributed by atoms with E-state index in [0.717, 1.165) is 0 Å². The molecule has 0 spiro atoms. The lowest BCUT2D eigenvalue weighted by Crippen LogP contribution is -2.30. The monoisotopic (exact) mass is 318 g/mol. The normalized spacial score (nSPS) is 22.3. The van der Waals surface area contributed by atoms with Gasteiger partial charge in [0.1, 0.15) is 12.2 Å². The molecule has 0 saturated carbocycles. The highest BCUT2D eigenvalue weighted by Gasteiger charge is 2.36. The van der Waals surface area contributed by atoms with E-state index in [1.54, 1.807) is 19.1 Å². The number of ether oxygens (including phenoxy) is 2. The number of carbonyl (C=O) groups is 1. The molecule has 0 aromatic heterocycles. The third-order valence-electron chi connectivity index (χ3n) is 3.39. The summed E-state index contributed by atoms with van der Waals surface area (Å²) in [6.45, 7) is 0.882. The molecule has 7 heteroatoms. The van der Waals surface area contributed by atoms with E-state index in [1.807, 2.05) is 0 Å². The number of carbonyl (C=O) groups excluding carboxylic acids is 1. The summed E-state index contributed by atoms with van der Waals surface area (Å²) in [7, 11) is 3.18. The first-order valence-corrected chi connectivity index (χ1v) is 6.83. The van der Waals surface area contributed by atoms with Gasteiger partial charge in [-0.2, -0.15) is 0 Å². The van der Waals surface area contributed by atoms with Gasteiger partial charge < -0.3 is 20.1 Å². The van der Waals surface area contributed by atoms with Crippen LogP contribution in [-0.2, 0) is 9.47 Å². The van der Waals surface area contributed by atoms with Crippen LogP contribution in [-0.4, -0.2) is 50.3 Å². The van der Waals surface area contributed by atoms with Crippen molar-refractivity contribution in [2.75, 3.05) is 33.0 Å². The first-order chi connectivity index (χ1) is 9.47. The summed E-state index contributed by atoms with van der Waals surface area (Å²) in [6, 6.07) is 3.04. The second-order valence-corrected chi connectivity index (χ2v) is 5.41. The molecular formula is C13H16Cl2N2O3. The molecule has 2 rings (SSSR count). The van der Waals surface area contributed by atoms with Gasteiger partial charge in [0.25, 0.3) is 5.91 Å². The summed E-state index contributed by atoms with van der Waals surface area (Å²) in [6.07, 6.45) is -0.307. The number of nitrogens with zero attached hydrogens (tertiary/aromatic N) is 1. The van der Waals surface area contributed by atoms with Gasteiger partial charge >= 0.3 is 0 Å². The van der Waals surface area contributed by atoms with Crippen molar-refractivity contribution in [3.63, 3.8) is 0 Å². The Labute approximate surface area is 127 Å². The fourth-order valence-corrected chi connectivity index (χ4v) is 2.72. The van der Waals surface area contributed by atoms with Crippen molar-refractivity contribution in [1.82, 2.24) is 4.90 Å². The summed E-state index contributed by atoms with van der Waals surface area (Å²) in [5.41, 5.74) is 6.40. The Morgan fingerprint density at radius 3 is 2.30 bits per heavy atom. The van der Waals surface area contributed by atoms with Gasteiger partial charge in [-0.1, -0.05) is 23.2 Å². The van der Waals surface area contributed by atoms with Crippen LogP contribution in [0.4, 0.5) is 5.69 Å². The van der Waals surface area contributed by atoms with Crippen LogP contribution in [0.25, 0.3) is 0 Å². The summed E-state index contributed by atoms with van der Waals surface area (Å²) in [5.74, 6) is -0.231. The zero-order valence-corrected chi connectivity index (χ0v) is 12.7. The highest BCUT2D eigenvalue weighted by Crippen LogP contribution is 2.30. The number of anilines is 1.